The number of hydrogen-bond acceptors (Lipinski definition) is 5. The van der Waals surface area contributed by atoms with Crippen molar-refractivity contribution in [2.45, 2.75) is 6.54 Å². The average Bonchev–Trinajstić information content (AvgIpc) is 2.94. The number of hydrogen-bond donors (Lipinski definition) is 3. The number of H-pyrrole nitrogens is 2. The van der Waals surface area contributed by atoms with Crippen LogP contribution < -0.4 is 11.2 Å². The van der Waals surface area contributed by atoms with Gasteiger partial charge in [-0.2, -0.15) is 5.10 Å². The molecule has 0 saturated heterocycles. The molecule has 0 amide bonds. The van der Waals surface area contributed by atoms with Crippen molar-refractivity contribution in [2.24, 2.45) is 4.99 Å². The van der Waals surface area contributed by atoms with Crippen LogP contribution in [-0.4, -0.2) is 31.1 Å². The summed E-state index contributed by atoms with van der Waals surface area (Å²) in [6, 6.07) is 11.4. The van der Waals surface area contributed by atoms with Crippen LogP contribution in [0.2, 0.25) is 0 Å². The highest BCUT2D eigenvalue weighted by atomic mass is 16.3. The normalized spacial score (nSPS) is 11.1. The molecule has 0 aliphatic rings. The molecule has 8 heteroatoms. The van der Waals surface area contributed by atoms with E-state index in [2.05, 4.69) is 15.1 Å². The molecule has 0 atom stereocenters. The van der Waals surface area contributed by atoms with Crippen LogP contribution in [0.1, 0.15) is 11.1 Å². The molecule has 116 valence electrons. The molecule has 8 nitrogen and oxygen atoms in total. The lowest BCUT2D eigenvalue weighted by atomic mass is 10.2. The minimum absolute atomic E-state index is 0.128. The first-order chi connectivity index (χ1) is 11.1. The Bertz CT molecular complexity index is 953. The first-order valence-electron chi connectivity index (χ1n) is 6.79. The molecule has 2 aromatic heterocycles. The number of nitrogens with zero attached hydrogens (tertiary/aromatic N) is 3. The van der Waals surface area contributed by atoms with Gasteiger partial charge in [0.05, 0.1) is 12.7 Å². The second-order valence-corrected chi connectivity index (χ2v) is 4.76. The third-order valence-corrected chi connectivity index (χ3v) is 3.15. The minimum Gasteiger partial charge on any atom is -0.494 e. The largest absolute Gasteiger partial charge is 0.494 e. The zero-order valence-corrected chi connectivity index (χ0v) is 11.9. The fourth-order valence-corrected chi connectivity index (χ4v) is 2.05. The second kappa shape index (κ2) is 6.14. The smallest absolute Gasteiger partial charge is 0.328 e. The molecule has 3 N–H and O–H groups in total. The molecular formula is C15H13N5O3. The van der Waals surface area contributed by atoms with Gasteiger partial charge < -0.3 is 5.11 Å². The van der Waals surface area contributed by atoms with E-state index in [1.807, 2.05) is 35.3 Å². The molecule has 0 aliphatic heterocycles. The third kappa shape index (κ3) is 3.26. The van der Waals surface area contributed by atoms with Crippen molar-refractivity contribution < 1.29 is 5.11 Å². The van der Waals surface area contributed by atoms with Crippen molar-refractivity contribution in [1.29, 1.82) is 0 Å². The Morgan fingerprint density at radius 3 is 2.70 bits per heavy atom. The fraction of sp³-hybridized carbons (Fsp3) is 0.0667. The summed E-state index contributed by atoms with van der Waals surface area (Å²) >= 11 is 0. The summed E-state index contributed by atoms with van der Waals surface area (Å²) < 4.78 is 1.66. The highest BCUT2D eigenvalue weighted by Gasteiger charge is 2.07. The predicted octanol–water partition coefficient (Wildman–Crippen LogP) is 0.764. The minimum atomic E-state index is -0.779. The zero-order chi connectivity index (χ0) is 16.2. The van der Waals surface area contributed by atoms with E-state index < -0.39 is 17.1 Å². The summed E-state index contributed by atoms with van der Waals surface area (Å²) in [6.45, 7) is 0.522. The summed E-state index contributed by atoms with van der Waals surface area (Å²) in [5.41, 5.74) is -0.572. The van der Waals surface area contributed by atoms with Gasteiger partial charge in [-0.05, 0) is 5.56 Å². The van der Waals surface area contributed by atoms with Crippen LogP contribution in [0, 0.1) is 0 Å². The van der Waals surface area contributed by atoms with Gasteiger partial charge in [-0.25, -0.2) is 14.5 Å². The van der Waals surface area contributed by atoms with E-state index in [0.717, 1.165) is 5.56 Å². The Labute approximate surface area is 129 Å². The van der Waals surface area contributed by atoms with Gasteiger partial charge in [-0.1, -0.05) is 30.3 Å². The summed E-state index contributed by atoms with van der Waals surface area (Å²) in [5.74, 6) is -0.0181. The van der Waals surface area contributed by atoms with Crippen molar-refractivity contribution in [3.05, 3.63) is 74.6 Å². The number of aromatic nitrogens is 4. The van der Waals surface area contributed by atoms with E-state index in [1.165, 1.54) is 6.21 Å². The first-order valence-corrected chi connectivity index (χ1v) is 6.79. The highest BCUT2D eigenvalue weighted by molar-refractivity contribution is 5.83. The lowest BCUT2D eigenvalue weighted by Gasteiger charge is -2.04. The van der Waals surface area contributed by atoms with Crippen LogP contribution in [-0.2, 0) is 6.54 Å². The lowest BCUT2D eigenvalue weighted by molar-refractivity contribution is 0.447. The van der Waals surface area contributed by atoms with E-state index in [9.17, 15) is 14.7 Å². The Morgan fingerprint density at radius 2 is 1.96 bits per heavy atom. The Kier molecular flexibility index (Phi) is 3.88. The Hall–Kier alpha value is -3.42. The Morgan fingerprint density at radius 1 is 1.17 bits per heavy atom. The predicted molar refractivity (Wildman–Crippen MR) is 84.4 cm³/mol. The molecule has 0 bridgehead atoms. The molecule has 1 aromatic carbocycles. The molecule has 0 radical (unpaired) electrons. The average molecular weight is 311 g/mol. The highest BCUT2D eigenvalue weighted by Crippen LogP contribution is 2.14. The standard InChI is InChI=1S/C15H13N5O3/c21-13-11(14(22)19-15(23)18-13)8-16-12-6-7-17-20(12)9-10-4-2-1-3-5-10/h1-8H,9H2,(H3,18,19,21,22,23)/b16-8+. The van der Waals surface area contributed by atoms with Gasteiger partial charge in [0.1, 0.15) is 5.56 Å². The monoisotopic (exact) mass is 311 g/mol. The van der Waals surface area contributed by atoms with Crippen molar-refractivity contribution in [1.82, 2.24) is 19.7 Å². The van der Waals surface area contributed by atoms with Crippen LogP contribution in [0.3, 0.4) is 0 Å². The summed E-state index contributed by atoms with van der Waals surface area (Å²) in [6.07, 6.45) is 2.77. The number of aromatic hydroxyl groups is 1. The van der Waals surface area contributed by atoms with Gasteiger partial charge in [-0.3, -0.25) is 14.8 Å². The van der Waals surface area contributed by atoms with Gasteiger partial charge in [-0.15, -0.1) is 0 Å². The molecule has 3 rings (SSSR count). The van der Waals surface area contributed by atoms with Gasteiger partial charge in [0, 0.05) is 12.3 Å². The molecule has 0 unspecified atom stereocenters. The zero-order valence-electron chi connectivity index (χ0n) is 11.9. The van der Waals surface area contributed by atoms with Crippen molar-refractivity contribution in [3.8, 4) is 5.88 Å². The first kappa shape index (κ1) is 14.5. The number of nitrogens with one attached hydrogen (secondary N) is 2. The van der Waals surface area contributed by atoms with Gasteiger partial charge in [0.15, 0.2) is 5.82 Å². The number of rotatable bonds is 4. The lowest BCUT2D eigenvalue weighted by Crippen LogP contribution is -2.24. The molecular weight excluding hydrogens is 298 g/mol. The van der Waals surface area contributed by atoms with Gasteiger partial charge in [0.2, 0.25) is 5.88 Å². The SMILES string of the molecule is O=c1[nH]c(O)c(/C=N/c2ccnn2Cc2ccccc2)c(=O)[nH]1. The summed E-state index contributed by atoms with van der Waals surface area (Å²) in [7, 11) is 0. The number of aromatic amines is 2. The molecule has 0 aliphatic carbocycles. The Balaban J connectivity index is 1.89. The molecule has 3 aromatic rings. The van der Waals surface area contributed by atoms with Crippen LogP contribution in [0.4, 0.5) is 5.82 Å². The van der Waals surface area contributed by atoms with Crippen LogP contribution in [0.25, 0.3) is 0 Å². The van der Waals surface area contributed by atoms with Crippen LogP contribution in [0.15, 0.2) is 57.2 Å². The fourth-order valence-electron chi connectivity index (χ4n) is 2.05. The second-order valence-electron chi connectivity index (χ2n) is 4.76. The molecule has 0 spiro atoms. The maximum atomic E-state index is 11.6. The van der Waals surface area contributed by atoms with E-state index >= 15 is 0 Å². The third-order valence-electron chi connectivity index (χ3n) is 3.15. The van der Waals surface area contributed by atoms with Crippen LogP contribution >= 0.6 is 0 Å². The van der Waals surface area contributed by atoms with Gasteiger partial charge >= 0.3 is 5.69 Å². The summed E-state index contributed by atoms with van der Waals surface area (Å²) in [5, 5.41) is 13.8. The van der Waals surface area contributed by atoms with E-state index in [0.29, 0.717) is 12.4 Å². The van der Waals surface area contributed by atoms with E-state index in [1.54, 1.807) is 16.9 Å². The number of aliphatic imine (C=N–C) groups is 1. The topological polar surface area (TPSA) is 116 Å². The summed E-state index contributed by atoms with van der Waals surface area (Å²) in [4.78, 5) is 30.9. The number of benzene rings is 1. The van der Waals surface area contributed by atoms with E-state index in [-0.39, 0.29) is 5.56 Å². The van der Waals surface area contributed by atoms with Crippen molar-refractivity contribution >= 4 is 12.0 Å². The maximum Gasteiger partial charge on any atom is 0.328 e. The van der Waals surface area contributed by atoms with Crippen molar-refractivity contribution in [2.75, 3.05) is 0 Å². The molecule has 0 fully saturated rings. The van der Waals surface area contributed by atoms with Crippen LogP contribution in [0.5, 0.6) is 5.88 Å². The van der Waals surface area contributed by atoms with E-state index in [4.69, 9.17) is 0 Å². The van der Waals surface area contributed by atoms with Gasteiger partial charge in [0.25, 0.3) is 5.56 Å². The van der Waals surface area contributed by atoms with Crippen molar-refractivity contribution in [3.63, 3.8) is 0 Å². The quantitative estimate of drug-likeness (QED) is 0.617. The molecule has 0 saturated carbocycles. The molecule has 23 heavy (non-hydrogen) atoms. The molecule has 2 heterocycles. The maximum absolute atomic E-state index is 11.6.